The first-order valence-electron chi connectivity index (χ1n) is 5.68. The second-order valence-corrected chi connectivity index (χ2v) is 4.67. The molecule has 102 valence electrons. The van der Waals surface area contributed by atoms with E-state index in [0.29, 0.717) is 17.1 Å². The molecule has 0 aliphatic carbocycles. The number of hydrogen-bond donors (Lipinski definition) is 0. The third-order valence-electron chi connectivity index (χ3n) is 2.89. The molecule has 0 aliphatic rings. The van der Waals surface area contributed by atoms with E-state index in [4.69, 9.17) is 20.8 Å². The summed E-state index contributed by atoms with van der Waals surface area (Å²) in [5.74, 6) is -0.174. The number of ether oxygens (including phenoxy) is 1. The summed E-state index contributed by atoms with van der Waals surface area (Å²) >= 11 is 6.18. The second-order valence-electron chi connectivity index (χ2n) is 4.24. The van der Waals surface area contributed by atoms with Crippen molar-refractivity contribution in [3.8, 4) is 5.75 Å². The van der Waals surface area contributed by atoms with Crippen LogP contribution in [0.3, 0.4) is 0 Å². The van der Waals surface area contributed by atoms with Crippen LogP contribution in [0.1, 0.15) is 28.0 Å². The van der Waals surface area contributed by atoms with E-state index in [1.807, 2.05) is 0 Å². The third kappa shape index (κ3) is 2.59. The Kier molecular flexibility index (Phi) is 3.80. The van der Waals surface area contributed by atoms with Gasteiger partial charge in [-0.15, -0.1) is 11.6 Å². The Morgan fingerprint density at radius 3 is 2.16 bits per heavy atom. The zero-order valence-electron chi connectivity index (χ0n) is 10.8. The van der Waals surface area contributed by atoms with Crippen LogP contribution in [-0.4, -0.2) is 7.11 Å². The fourth-order valence-corrected chi connectivity index (χ4v) is 2.40. The van der Waals surface area contributed by atoms with E-state index in [9.17, 15) is 8.78 Å². The molecular weight excluding hydrogens is 274 g/mol. The van der Waals surface area contributed by atoms with Crippen molar-refractivity contribution < 1.29 is 17.9 Å². The minimum absolute atomic E-state index is 0.114. The Morgan fingerprint density at radius 2 is 1.74 bits per heavy atom. The van der Waals surface area contributed by atoms with Gasteiger partial charge in [0.2, 0.25) is 0 Å². The van der Waals surface area contributed by atoms with Crippen LogP contribution >= 0.6 is 11.6 Å². The summed E-state index contributed by atoms with van der Waals surface area (Å²) < 4.78 is 38.0. The van der Waals surface area contributed by atoms with E-state index < -0.39 is 17.0 Å². The van der Waals surface area contributed by atoms with Crippen LogP contribution in [0.5, 0.6) is 5.75 Å². The molecule has 0 saturated carbocycles. The van der Waals surface area contributed by atoms with Crippen LogP contribution in [0.25, 0.3) is 0 Å². The molecule has 5 heteroatoms. The monoisotopic (exact) mass is 286 g/mol. The van der Waals surface area contributed by atoms with E-state index in [0.717, 1.165) is 12.1 Å². The molecule has 1 heterocycles. The minimum Gasteiger partial charge on any atom is -0.497 e. The lowest BCUT2D eigenvalue weighted by Crippen LogP contribution is -2.02. The van der Waals surface area contributed by atoms with Gasteiger partial charge < -0.3 is 9.15 Å². The molecule has 1 aromatic carbocycles. The summed E-state index contributed by atoms with van der Waals surface area (Å²) in [4.78, 5) is 0. The predicted molar refractivity (Wildman–Crippen MR) is 68.8 cm³/mol. The van der Waals surface area contributed by atoms with E-state index in [1.165, 1.54) is 7.11 Å². The molecule has 2 rings (SSSR count). The highest BCUT2D eigenvalue weighted by molar-refractivity contribution is 6.22. The van der Waals surface area contributed by atoms with Crippen molar-refractivity contribution in [2.75, 3.05) is 7.11 Å². The van der Waals surface area contributed by atoms with Crippen LogP contribution in [-0.2, 0) is 0 Å². The zero-order valence-corrected chi connectivity index (χ0v) is 11.5. The first-order chi connectivity index (χ1) is 8.93. The molecule has 0 amide bonds. The Bertz CT molecular complexity index is 584. The molecule has 0 aliphatic heterocycles. The van der Waals surface area contributed by atoms with E-state index in [1.54, 1.807) is 19.9 Å². The number of aryl methyl sites for hydroxylation is 2. The molecule has 0 saturated heterocycles. The number of benzene rings is 1. The van der Waals surface area contributed by atoms with Gasteiger partial charge >= 0.3 is 0 Å². The van der Waals surface area contributed by atoms with Crippen molar-refractivity contribution in [3.63, 3.8) is 0 Å². The zero-order chi connectivity index (χ0) is 14.2. The first kappa shape index (κ1) is 13.9. The number of alkyl halides is 1. The Morgan fingerprint density at radius 1 is 1.16 bits per heavy atom. The topological polar surface area (TPSA) is 22.4 Å². The van der Waals surface area contributed by atoms with Gasteiger partial charge in [-0.05, 0) is 19.9 Å². The normalized spacial score (nSPS) is 12.5. The third-order valence-corrected chi connectivity index (χ3v) is 3.35. The lowest BCUT2D eigenvalue weighted by atomic mass is 10.0. The number of hydrogen-bond acceptors (Lipinski definition) is 2. The highest BCUT2D eigenvalue weighted by Gasteiger charge is 2.24. The van der Waals surface area contributed by atoms with Gasteiger partial charge in [-0.1, -0.05) is 0 Å². The van der Waals surface area contributed by atoms with Crippen molar-refractivity contribution >= 4 is 11.6 Å². The standard InChI is InChI=1S/C14H13ClF2O2/c1-7-4-10(8(2)19-7)14(15)13-11(16)5-9(18-3)6-12(13)17/h4-6,14H,1-3H3. The summed E-state index contributed by atoms with van der Waals surface area (Å²) in [6.07, 6.45) is 0. The summed E-state index contributed by atoms with van der Waals surface area (Å²) in [6, 6.07) is 3.89. The maximum absolute atomic E-state index is 13.9. The molecule has 1 aromatic heterocycles. The number of halogens is 3. The maximum atomic E-state index is 13.9. The van der Waals surface area contributed by atoms with Gasteiger partial charge in [0.1, 0.15) is 28.9 Å². The van der Waals surface area contributed by atoms with E-state index in [2.05, 4.69) is 0 Å². The summed E-state index contributed by atoms with van der Waals surface area (Å²) in [7, 11) is 1.34. The van der Waals surface area contributed by atoms with Crippen LogP contribution in [0.4, 0.5) is 8.78 Å². The minimum atomic E-state index is -0.941. The van der Waals surface area contributed by atoms with Crippen LogP contribution in [0.2, 0.25) is 0 Å². The molecule has 19 heavy (non-hydrogen) atoms. The van der Waals surface area contributed by atoms with Crippen molar-refractivity contribution in [1.82, 2.24) is 0 Å². The molecular formula is C14H13ClF2O2. The molecule has 0 bridgehead atoms. The molecule has 0 fully saturated rings. The van der Waals surface area contributed by atoms with Crippen molar-refractivity contribution in [1.29, 1.82) is 0 Å². The number of furan rings is 1. The van der Waals surface area contributed by atoms with Crippen molar-refractivity contribution in [2.45, 2.75) is 19.2 Å². The van der Waals surface area contributed by atoms with E-state index in [-0.39, 0.29) is 11.3 Å². The Labute approximate surface area is 114 Å². The van der Waals surface area contributed by atoms with Crippen molar-refractivity contribution in [3.05, 3.63) is 52.5 Å². The maximum Gasteiger partial charge on any atom is 0.134 e. The van der Waals surface area contributed by atoms with Gasteiger partial charge in [-0.25, -0.2) is 8.78 Å². The van der Waals surface area contributed by atoms with Gasteiger partial charge in [-0.2, -0.15) is 0 Å². The molecule has 1 unspecified atom stereocenters. The fourth-order valence-electron chi connectivity index (χ4n) is 1.98. The van der Waals surface area contributed by atoms with Gasteiger partial charge in [0.25, 0.3) is 0 Å². The molecule has 2 nitrogen and oxygen atoms in total. The quantitative estimate of drug-likeness (QED) is 0.775. The summed E-state index contributed by atoms with van der Waals surface area (Å²) in [5, 5.41) is -0.941. The smallest absolute Gasteiger partial charge is 0.134 e. The molecule has 2 aromatic rings. The lowest BCUT2D eigenvalue weighted by Gasteiger charge is -2.12. The van der Waals surface area contributed by atoms with Gasteiger partial charge in [0.05, 0.1) is 12.5 Å². The van der Waals surface area contributed by atoms with Crippen molar-refractivity contribution in [2.24, 2.45) is 0 Å². The number of rotatable bonds is 3. The lowest BCUT2D eigenvalue weighted by molar-refractivity contribution is 0.405. The summed E-state index contributed by atoms with van der Waals surface area (Å²) in [5.41, 5.74) is 0.355. The van der Waals surface area contributed by atoms with E-state index >= 15 is 0 Å². The number of methoxy groups -OCH3 is 1. The molecule has 0 N–H and O–H groups in total. The average Bonchev–Trinajstić information content (AvgIpc) is 2.67. The predicted octanol–water partition coefficient (Wildman–Crippen LogP) is 4.51. The van der Waals surface area contributed by atoms with Gasteiger partial charge in [0, 0.05) is 23.3 Å². The highest BCUT2D eigenvalue weighted by atomic mass is 35.5. The van der Waals surface area contributed by atoms with Gasteiger partial charge in [0.15, 0.2) is 0 Å². The van der Waals surface area contributed by atoms with Gasteiger partial charge in [-0.3, -0.25) is 0 Å². The highest BCUT2D eigenvalue weighted by Crippen LogP contribution is 2.36. The SMILES string of the molecule is COc1cc(F)c(C(Cl)c2cc(C)oc2C)c(F)c1. The molecule has 0 radical (unpaired) electrons. The largest absolute Gasteiger partial charge is 0.497 e. The average molecular weight is 287 g/mol. The van der Waals surface area contributed by atoms with Crippen LogP contribution in [0, 0.1) is 25.5 Å². The molecule has 1 atom stereocenters. The van der Waals surface area contributed by atoms with Crippen LogP contribution in [0.15, 0.2) is 22.6 Å². The Balaban J connectivity index is 2.50. The second kappa shape index (κ2) is 5.21. The Hall–Kier alpha value is -1.55. The first-order valence-corrected chi connectivity index (χ1v) is 6.11. The van der Waals surface area contributed by atoms with Crippen LogP contribution < -0.4 is 4.74 Å². The molecule has 0 spiro atoms. The summed E-state index contributed by atoms with van der Waals surface area (Å²) in [6.45, 7) is 3.46. The fraction of sp³-hybridized carbons (Fsp3) is 0.286.